The summed E-state index contributed by atoms with van der Waals surface area (Å²) in [5.41, 5.74) is 0.775. The maximum Gasteiger partial charge on any atom is 0.145 e. The molecule has 1 aromatic carbocycles. The summed E-state index contributed by atoms with van der Waals surface area (Å²) < 4.78 is 5.23. The molecule has 0 unspecified atom stereocenters. The van der Waals surface area contributed by atoms with Crippen LogP contribution in [-0.4, -0.2) is 17.1 Å². The van der Waals surface area contributed by atoms with Crippen molar-refractivity contribution in [3.63, 3.8) is 0 Å². The van der Waals surface area contributed by atoms with Gasteiger partial charge in [0.15, 0.2) is 0 Å². The highest BCUT2D eigenvalue weighted by atomic mass is 35.5. The maximum absolute atomic E-state index is 6.06. The Balaban J connectivity index is 2.79. The first-order valence-corrected chi connectivity index (χ1v) is 5.13. The molecule has 0 atom stereocenters. The molecule has 0 spiro atoms. The van der Waals surface area contributed by atoms with Crippen LogP contribution in [0.15, 0.2) is 18.2 Å². The van der Waals surface area contributed by atoms with E-state index in [4.69, 9.17) is 16.3 Å². The van der Waals surface area contributed by atoms with Crippen LogP contribution in [0.2, 0.25) is 5.15 Å². The van der Waals surface area contributed by atoms with Crippen molar-refractivity contribution in [2.24, 2.45) is 0 Å². The molecule has 1 aromatic heterocycles. The molecular weight excluding hydrogens is 212 g/mol. The van der Waals surface area contributed by atoms with Crippen LogP contribution in [0.1, 0.15) is 12.7 Å². The van der Waals surface area contributed by atoms with Gasteiger partial charge in [0.05, 0.1) is 7.11 Å². The van der Waals surface area contributed by atoms with E-state index in [0.717, 1.165) is 28.9 Å². The molecule has 3 nitrogen and oxygen atoms in total. The van der Waals surface area contributed by atoms with Gasteiger partial charge in [-0.2, -0.15) is 0 Å². The largest absolute Gasteiger partial charge is 0.494 e. The molecule has 0 radical (unpaired) electrons. The van der Waals surface area contributed by atoms with Gasteiger partial charge in [0.1, 0.15) is 22.2 Å². The van der Waals surface area contributed by atoms with Gasteiger partial charge in [0.2, 0.25) is 0 Å². The van der Waals surface area contributed by atoms with Gasteiger partial charge in [-0.25, -0.2) is 9.97 Å². The third-order valence-electron chi connectivity index (χ3n) is 2.23. The Morgan fingerprint density at radius 2 is 2.13 bits per heavy atom. The van der Waals surface area contributed by atoms with E-state index in [1.165, 1.54) is 0 Å². The number of benzene rings is 1. The number of hydrogen-bond acceptors (Lipinski definition) is 3. The van der Waals surface area contributed by atoms with Crippen molar-refractivity contribution in [3.8, 4) is 5.75 Å². The number of methoxy groups -OCH3 is 1. The fourth-order valence-corrected chi connectivity index (χ4v) is 1.70. The summed E-state index contributed by atoms with van der Waals surface area (Å²) in [7, 11) is 1.62. The van der Waals surface area contributed by atoms with E-state index < -0.39 is 0 Å². The van der Waals surface area contributed by atoms with Gasteiger partial charge < -0.3 is 4.74 Å². The van der Waals surface area contributed by atoms with Crippen molar-refractivity contribution < 1.29 is 4.74 Å². The van der Waals surface area contributed by atoms with Gasteiger partial charge in [-0.05, 0) is 12.1 Å². The topological polar surface area (TPSA) is 35.0 Å². The standard InChI is InChI=1S/C11H11ClN2O/c1-3-9-13-10-7(11(12)14-9)5-4-6-8(10)15-2/h4-6H,3H2,1-2H3. The first-order chi connectivity index (χ1) is 7.26. The Kier molecular flexibility index (Phi) is 2.73. The van der Waals surface area contributed by atoms with Gasteiger partial charge in [-0.15, -0.1) is 0 Å². The third-order valence-corrected chi connectivity index (χ3v) is 2.51. The summed E-state index contributed by atoms with van der Waals surface area (Å²) in [5, 5.41) is 1.31. The lowest BCUT2D eigenvalue weighted by atomic mass is 10.2. The van der Waals surface area contributed by atoms with Crippen LogP contribution in [0.4, 0.5) is 0 Å². The lowest BCUT2D eigenvalue weighted by Crippen LogP contribution is -1.96. The second-order valence-corrected chi connectivity index (χ2v) is 3.50. The molecule has 0 saturated heterocycles. The molecule has 0 bridgehead atoms. The van der Waals surface area contributed by atoms with Gasteiger partial charge in [0.25, 0.3) is 0 Å². The smallest absolute Gasteiger partial charge is 0.145 e. The Morgan fingerprint density at radius 3 is 2.80 bits per heavy atom. The van der Waals surface area contributed by atoms with E-state index in [2.05, 4.69) is 9.97 Å². The van der Waals surface area contributed by atoms with Crippen molar-refractivity contribution in [2.75, 3.05) is 7.11 Å². The summed E-state index contributed by atoms with van der Waals surface area (Å²) in [6, 6.07) is 5.63. The summed E-state index contributed by atoms with van der Waals surface area (Å²) >= 11 is 6.06. The average molecular weight is 223 g/mol. The highest BCUT2D eigenvalue weighted by Crippen LogP contribution is 2.27. The Labute approximate surface area is 93.1 Å². The second kappa shape index (κ2) is 4.03. The van der Waals surface area contributed by atoms with Crippen LogP contribution in [-0.2, 0) is 6.42 Å². The number of aryl methyl sites for hydroxylation is 1. The van der Waals surface area contributed by atoms with E-state index in [1.54, 1.807) is 7.11 Å². The van der Waals surface area contributed by atoms with Crippen molar-refractivity contribution in [2.45, 2.75) is 13.3 Å². The molecule has 0 saturated carbocycles. The minimum Gasteiger partial charge on any atom is -0.494 e. The normalized spacial score (nSPS) is 10.6. The molecular formula is C11H11ClN2O. The van der Waals surface area contributed by atoms with Crippen LogP contribution < -0.4 is 4.74 Å². The first kappa shape index (κ1) is 10.2. The predicted molar refractivity (Wildman–Crippen MR) is 60.5 cm³/mol. The number of halogens is 1. The molecule has 1 heterocycles. The summed E-state index contributed by atoms with van der Waals surface area (Å²) in [6.07, 6.45) is 0.758. The molecule has 15 heavy (non-hydrogen) atoms. The minimum atomic E-state index is 0.482. The van der Waals surface area contributed by atoms with Crippen LogP contribution in [0.3, 0.4) is 0 Å². The quantitative estimate of drug-likeness (QED) is 0.733. The molecule has 0 N–H and O–H groups in total. The number of hydrogen-bond donors (Lipinski definition) is 0. The number of para-hydroxylation sites is 1. The lowest BCUT2D eigenvalue weighted by Gasteiger charge is -2.06. The van der Waals surface area contributed by atoms with Gasteiger partial charge in [-0.1, -0.05) is 24.6 Å². The first-order valence-electron chi connectivity index (χ1n) is 4.75. The lowest BCUT2D eigenvalue weighted by molar-refractivity contribution is 0.418. The van der Waals surface area contributed by atoms with Crippen molar-refractivity contribution in [1.29, 1.82) is 0 Å². The third kappa shape index (κ3) is 1.75. The summed E-state index contributed by atoms with van der Waals surface area (Å²) in [5.74, 6) is 1.46. The molecule has 0 fully saturated rings. The molecule has 78 valence electrons. The van der Waals surface area contributed by atoms with Gasteiger partial charge in [-0.3, -0.25) is 0 Å². The zero-order valence-corrected chi connectivity index (χ0v) is 9.38. The second-order valence-electron chi connectivity index (χ2n) is 3.14. The van der Waals surface area contributed by atoms with Crippen LogP contribution >= 0.6 is 11.6 Å². The predicted octanol–water partition coefficient (Wildman–Crippen LogP) is 2.85. The molecule has 0 amide bonds. The average Bonchev–Trinajstić information content (AvgIpc) is 2.28. The van der Waals surface area contributed by atoms with Gasteiger partial charge in [0, 0.05) is 11.8 Å². The number of ether oxygens (including phenoxy) is 1. The number of fused-ring (bicyclic) bond motifs is 1. The van der Waals surface area contributed by atoms with E-state index in [0.29, 0.717) is 5.15 Å². The van der Waals surface area contributed by atoms with Crippen molar-refractivity contribution >= 4 is 22.5 Å². The van der Waals surface area contributed by atoms with Crippen molar-refractivity contribution in [1.82, 2.24) is 9.97 Å². The molecule has 4 heteroatoms. The molecule has 2 rings (SSSR count). The Morgan fingerprint density at radius 1 is 1.33 bits per heavy atom. The van der Waals surface area contributed by atoms with Crippen LogP contribution in [0.25, 0.3) is 10.9 Å². The number of aromatic nitrogens is 2. The van der Waals surface area contributed by atoms with Crippen molar-refractivity contribution in [3.05, 3.63) is 29.2 Å². The number of rotatable bonds is 2. The highest BCUT2D eigenvalue weighted by Gasteiger charge is 2.08. The maximum atomic E-state index is 6.06. The molecule has 0 aliphatic rings. The molecule has 0 aliphatic carbocycles. The molecule has 0 aliphatic heterocycles. The van der Waals surface area contributed by atoms with E-state index in [1.807, 2.05) is 25.1 Å². The number of nitrogens with zero attached hydrogens (tertiary/aromatic N) is 2. The zero-order valence-electron chi connectivity index (χ0n) is 8.62. The monoisotopic (exact) mass is 222 g/mol. The zero-order chi connectivity index (χ0) is 10.8. The van der Waals surface area contributed by atoms with Crippen LogP contribution in [0.5, 0.6) is 5.75 Å². The van der Waals surface area contributed by atoms with E-state index in [-0.39, 0.29) is 0 Å². The minimum absolute atomic E-state index is 0.482. The highest BCUT2D eigenvalue weighted by molar-refractivity contribution is 6.34. The van der Waals surface area contributed by atoms with E-state index >= 15 is 0 Å². The summed E-state index contributed by atoms with van der Waals surface area (Å²) in [6.45, 7) is 1.99. The van der Waals surface area contributed by atoms with Crippen LogP contribution in [0, 0.1) is 0 Å². The fourth-order valence-electron chi connectivity index (χ4n) is 1.45. The molecule has 2 aromatic rings. The van der Waals surface area contributed by atoms with E-state index in [9.17, 15) is 0 Å². The summed E-state index contributed by atoms with van der Waals surface area (Å²) in [4.78, 5) is 8.60. The SMILES string of the molecule is CCc1nc(Cl)c2cccc(OC)c2n1. The van der Waals surface area contributed by atoms with Gasteiger partial charge >= 0.3 is 0 Å². The Bertz CT molecular complexity index is 499. The fraction of sp³-hybridized carbons (Fsp3) is 0.273. The Hall–Kier alpha value is -1.35.